The van der Waals surface area contributed by atoms with Crippen LogP contribution in [0, 0.1) is 26.6 Å². The van der Waals surface area contributed by atoms with E-state index >= 15 is 0 Å². The summed E-state index contributed by atoms with van der Waals surface area (Å²) in [7, 11) is 0. The zero-order chi connectivity index (χ0) is 17.3. The predicted molar refractivity (Wildman–Crippen MR) is 90.2 cm³/mol. The van der Waals surface area contributed by atoms with Gasteiger partial charge in [-0.2, -0.15) is 0 Å². The summed E-state index contributed by atoms with van der Waals surface area (Å²) in [6.07, 6.45) is -0.359. The van der Waals surface area contributed by atoms with Crippen LogP contribution in [0.5, 0.6) is 0 Å². The molecule has 3 N–H and O–H groups in total. The van der Waals surface area contributed by atoms with E-state index in [1.165, 1.54) is 0 Å². The second kappa shape index (κ2) is 6.69. The molecule has 0 aliphatic heterocycles. The maximum absolute atomic E-state index is 14.3. The van der Waals surface area contributed by atoms with E-state index in [0.717, 1.165) is 27.8 Å². The molecule has 0 unspecified atom stereocenters. The van der Waals surface area contributed by atoms with Crippen LogP contribution in [0.25, 0.3) is 11.1 Å². The molecular formula is C18H19ClFNO2. The van der Waals surface area contributed by atoms with Crippen molar-refractivity contribution in [3.05, 3.63) is 57.4 Å². The van der Waals surface area contributed by atoms with Crippen molar-refractivity contribution >= 4 is 17.6 Å². The fraction of sp³-hybridized carbons (Fsp3) is 0.278. The van der Waals surface area contributed by atoms with Crippen molar-refractivity contribution in [3.8, 4) is 11.1 Å². The van der Waals surface area contributed by atoms with Gasteiger partial charge in [-0.05, 0) is 55.2 Å². The molecule has 23 heavy (non-hydrogen) atoms. The number of carbonyl (C=O) groups is 1. The van der Waals surface area contributed by atoms with Crippen molar-refractivity contribution in [2.45, 2.75) is 33.2 Å². The molecule has 0 spiro atoms. The quantitative estimate of drug-likeness (QED) is 0.861. The van der Waals surface area contributed by atoms with Gasteiger partial charge in [0.25, 0.3) is 0 Å². The second-order valence-corrected chi connectivity index (χ2v) is 6.25. The van der Waals surface area contributed by atoms with Gasteiger partial charge in [-0.3, -0.25) is 4.79 Å². The second-order valence-electron chi connectivity index (χ2n) is 5.84. The Morgan fingerprint density at radius 3 is 2.30 bits per heavy atom. The monoisotopic (exact) mass is 335 g/mol. The minimum atomic E-state index is -1.08. The minimum Gasteiger partial charge on any atom is -0.481 e. The molecule has 2 rings (SSSR count). The number of hydrogen-bond donors (Lipinski definition) is 2. The van der Waals surface area contributed by atoms with E-state index < -0.39 is 17.8 Å². The number of halogens is 2. The van der Waals surface area contributed by atoms with Gasteiger partial charge in [0.15, 0.2) is 0 Å². The number of carboxylic acids is 1. The van der Waals surface area contributed by atoms with Crippen LogP contribution in [-0.4, -0.2) is 11.1 Å². The lowest BCUT2D eigenvalue weighted by atomic mass is 9.91. The molecule has 0 saturated heterocycles. The van der Waals surface area contributed by atoms with Gasteiger partial charge in [-0.25, -0.2) is 4.39 Å². The lowest BCUT2D eigenvalue weighted by Gasteiger charge is -2.17. The van der Waals surface area contributed by atoms with Crippen LogP contribution >= 0.6 is 11.6 Å². The number of benzene rings is 2. The Bertz CT molecular complexity index is 751. The number of hydrogen-bond acceptors (Lipinski definition) is 2. The normalized spacial score (nSPS) is 12.3. The maximum atomic E-state index is 14.3. The third-order valence-corrected chi connectivity index (χ3v) is 4.09. The Kier molecular flexibility index (Phi) is 5.07. The number of aryl methyl sites for hydroxylation is 3. The van der Waals surface area contributed by atoms with E-state index in [9.17, 15) is 9.18 Å². The molecule has 0 aliphatic carbocycles. The molecule has 0 fully saturated rings. The summed E-state index contributed by atoms with van der Waals surface area (Å²) >= 11 is 6.01. The SMILES string of the molecule is Cc1cc(C)c(-c2cc(Cl)c(F)c([C@@H](N)CC(=O)O)c2)c(C)c1. The van der Waals surface area contributed by atoms with Crippen molar-refractivity contribution in [2.24, 2.45) is 5.73 Å². The van der Waals surface area contributed by atoms with Gasteiger partial charge in [-0.1, -0.05) is 29.3 Å². The third-order valence-electron chi connectivity index (χ3n) is 3.82. The van der Waals surface area contributed by atoms with Crippen molar-refractivity contribution < 1.29 is 14.3 Å². The van der Waals surface area contributed by atoms with Gasteiger partial charge < -0.3 is 10.8 Å². The molecule has 0 heterocycles. The molecule has 0 amide bonds. The van der Waals surface area contributed by atoms with Gasteiger partial charge in [0.2, 0.25) is 0 Å². The Morgan fingerprint density at radius 1 is 1.22 bits per heavy atom. The van der Waals surface area contributed by atoms with Gasteiger partial charge in [0.1, 0.15) is 5.82 Å². The van der Waals surface area contributed by atoms with Gasteiger partial charge in [0, 0.05) is 11.6 Å². The first kappa shape index (κ1) is 17.4. The Morgan fingerprint density at radius 2 is 1.78 bits per heavy atom. The van der Waals surface area contributed by atoms with Crippen molar-refractivity contribution in [3.63, 3.8) is 0 Å². The van der Waals surface area contributed by atoms with E-state index in [1.807, 2.05) is 32.9 Å². The van der Waals surface area contributed by atoms with Crippen LogP contribution < -0.4 is 5.73 Å². The van der Waals surface area contributed by atoms with E-state index in [1.54, 1.807) is 12.1 Å². The highest BCUT2D eigenvalue weighted by Gasteiger charge is 2.20. The van der Waals surface area contributed by atoms with Gasteiger partial charge in [0.05, 0.1) is 11.4 Å². The van der Waals surface area contributed by atoms with Crippen LogP contribution in [0.3, 0.4) is 0 Å². The summed E-state index contributed by atoms with van der Waals surface area (Å²) in [5.74, 6) is -1.74. The highest BCUT2D eigenvalue weighted by Crippen LogP contribution is 2.34. The zero-order valence-electron chi connectivity index (χ0n) is 13.3. The average Bonchev–Trinajstić information content (AvgIpc) is 2.40. The first-order valence-electron chi connectivity index (χ1n) is 7.25. The lowest BCUT2D eigenvalue weighted by molar-refractivity contribution is -0.137. The summed E-state index contributed by atoms with van der Waals surface area (Å²) in [5.41, 5.74) is 10.9. The molecule has 2 aromatic rings. The zero-order valence-corrected chi connectivity index (χ0v) is 14.0. The summed E-state index contributed by atoms with van der Waals surface area (Å²) in [5, 5.41) is 8.82. The van der Waals surface area contributed by atoms with Crippen LogP contribution in [0.2, 0.25) is 5.02 Å². The predicted octanol–water partition coefficient (Wildman–Crippen LogP) is 4.55. The van der Waals surface area contributed by atoms with E-state index in [-0.39, 0.29) is 17.0 Å². The smallest absolute Gasteiger partial charge is 0.305 e. The fourth-order valence-corrected chi connectivity index (χ4v) is 3.18. The number of aliphatic carboxylic acids is 1. The molecular weight excluding hydrogens is 317 g/mol. The highest BCUT2D eigenvalue weighted by molar-refractivity contribution is 6.31. The molecule has 122 valence electrons. The molecule has 0 bridgehead atoms. The topological polar surface area (TPSA) is 63.3 Å². The van der Waals surface area contributed by atoms with Crippen LogP contribution in [-0.2, 0) is 4.79 Å². The average molecular weight is 336 g/mol. The van der Waals surface area contributed by atoms with Crippen molar-refractivity contribution in [1.82, 2.24) is 0 Å². The first-order chi connectivity index (χ1) is 10.7. The maximum Gasteiger partial charge on any atom is 0.305 e. The fourth-order valence-electron chi connectivity index (χ4n) is 2.96. The van der Waals surface area contributed by atoms with Crippen molar-refractivity contribution in [1.29, 1.82) is 0 Å². The van der Waals surface area contributed by atoms with Gasteiger partial charge in [-0.15, -0.1) is 0 Å². The summed E-state index contributed by atoms with van der Waals surface area (Å²) in [4.78, 5) is 10.8. The molecule has 0 saturated carbocycles. The summed E-state index contributed by atoms with van der Waals surface area (Å²) < 4.78 is 14.3. The first-order valence-corrected chi connectivity index (χ1v) is 7.63. The molecule has 1 atom stereocenters. The Labute approximate surface area is 139 Å². The standard InChI is InChI=1S/C18H19ClFNO2/c1-9-4-10(2)17(11(3)5-9)12-6-13(15(21)8-16(22)23)18(20)14(19)7-12/h4-7,15H,8,21H2,1-3H3,(H,22,23)/t15-/m0/s1. The van der Waals surface area contributed by atoms with E-state index in [0.29, 0.717) is 0 Å². The van der Waals surface area contributed by atoms with E-state index in [4.69, 9.17) is 22.4 Å². The van der Waals surface area contributed by atoms with Crippen LogP contribution in [0.15, 0.2) is 24.3 Å². The minimum absolute atomic E-state index is 0.0577. The third kappa shape index (κ3) is 3.71. The molecule has 0 aromatic heterocycles. The number of carboxylic acid groups (broad SMARTS) is 1. The largest absolute Gasteiger partial charge is 0.481 e. The molecule has 0 aliphatic rings. The lowest BCUT2D eigenvalue weighted by Crippen LogP contribution is -2.16. The highest BCUT2D eigenvalue weighted by atomic mass is 35.5. The summed E-state index contributed by atoms with van der Waals surface area (Å²) in [6, 6.07) is 6.28. The number of rotatable bonds is 4. The van der Waals surface area contributed by atoms with Gasteiger partial charge >= 0.3 is 5.97 Å². The van der Waals surface area contributed by atoms with E-state index in [2.05, 4.69) is 0 Å². The van der Waals surface area contributed by atoms with Crippen molar-refractivity contribution in [2.75, 3.05) is 0 Å². The molecule has 3 nitrogen and oxygen atoms in total. The summed E-state index contributed by atoms with van der Waals surface area (Å²) in [6.45, 7) is 5.96. The van der Waals surface area contributed by atoms with Crippen LogP contribution in [0.1, 0.15) is 34.7 Å². The Balaban J connectivity index is 2.62. The van der Waals surface area contributed by atoms with Crippen LogP contribution in [0.4, 0.5) is 4.39 Å². The molecule has 0 radical (unpaired) electrons. The Hall–Kier alpha value is -1.91. The molecule has 5 heteroatoms. The number of nitrogens with two attached hydrogens (primary N) is 1. The molecule has 2 aromatic carbocycles.